The number of ether oxygens (including phenoxy) is 1. The van der Waals surface area contributed by atoms with E-state index in [4.69, 9.17) is 0 Å². The van der Waals surface area contributed by atoms with Crippen molar-refractivity contribution in [2.45, 2.75) is 32.6 Å². The van der Waals surface area contributed by atoms with Crippen LogP contribution in [0.2, 0.25) is 0 Å². The maximum Gasteiger partial charge on any atom is 0.190 e. The summed E-state index contributed by atoms with van der Waals surface area (Å²) in [5.74, 6) is -5.54. The highest BCUT2D eigenvalue weighted by atomic mass is 19.1. The zero-order chi connectivity index (χ0) is 24.4. The summed E-state index contributed by atoms with van der Waals surface area (Å²) in [4.78, 5) is 0. The summed E-state index contributed by atoms with van der Waals surface area (Å²) in [5.41, 5.74) is 0.185. The fraction of sp³-hybridized carbons (Fsp3) is 0.214. The molecular weight excluding hydrogens is 447 g/mol. The predicted molar refractivity (Wildman–Crippen MR) is 124 cm³/mol. The van der Waals surface area contributed by atoms with Gasteiger partial charge in [-0.25, -0.2) is 22.0 Å². The lowest BCUT2D eigenvalue weighted by molar-refractivity contribution is 0.360. The molecule has 0 aliphatic carbocycles. The lowest BCUT2D eigenvalue weighted by Crippen LogP contribution is -1.98. The van der Waals surface area contributed by atoms with Crippen LogP contribution in [0.1, 0.15) is 31.7 Å². The molecule has 4 rings (SSSR count). The minimum atomic E-state index is -1.09. The molecule has 0 aromatic heterocycles. The van der Waals surface area contributed by atoms with Crippen molar-refractivity contribution in [1.82, 2.24) is 0 Å². The molecule has 0 fully saturated rings. The van der Waals surface area contributed by atoms with Crippen molar-refractivity contribution in [3.05, 3.63) is 89.2 Å². The predicted octanol–water partition coefficient (Wildman–Crippen LogP) is 8.61. The molecule has 6 heteroatoms. The zero-order valence-corrected chi connectivity index (χ0v) is 18.8. The summed E-state index contributed by atoms with van der Waals surface area (Å²) in [6.07, 6.45) is 4.18. The highest BCUT2D eigenvalue weighted by molar-refractivity contribution is 5.89. The molecule has 0 amide bonds. The zero-order valence-electron chi connectivity index (χ0n) is 18.8. The molecule has 0 heterocycles. The first-order valence-corrected chi connectivity index (χ1v) is 11.1. The van der Waals surface area contributed by atoms with Crippen LogP contribution in [0.3, 0.4) is 0 Å². The Labute approximate surface area is 194 Å². The first kappa shape index (κ1) is 23.7. The normalized spacial score (nSPS) is 11.3. The van der Waals surface area contributed by atoms with E-state index in [-0.39, 0.29) is 16.7 Å². The maximum atomic E-state index is 15.3. The van der Waals surface area contributed by atoms with Gasteiger partial charge in [0.05, 0.1) is 12.7 Å². The van der Waals surface area contributed by atoms with Crippen LogP contribution in [-0.2, 0) is 6.42 Å². The molecule has 34 heavy (non-hydrogen) atoms. The van der Waals surface area contributed by atoms with E-state index in [0.29, 0.717) is 10.8 Å². The third kappa shape index (κ3) is 4.49. The number of rotatable bonds is 7. The Morgan fingerprint density at radius 1 is 0.706 bits per heavy atom. The number of methoxy groups -OCH3 is 1. The lowest BCUT2D eigenvalue weighted by Gasteiger charge is -2.12. The van der Waals surface area contributed by atoms with Crippen LogP contribution in [0.15, 0.2) is 54.6 Å². The summed E-state index contributed by atoms with van der Waals surface area (Å²) >= 11 is 0. The number of hydrogen-bond donors (Lipinski definition) is 0. The third-order valence-electron chi connectivity index (χ3n) is 5.93. The fourth-order valence-electron chi connectivity index (χ4n) is 4.20. The van der Waals surface area contributed by atoms with E-state index in [2.05, 4.69) is 11.7 Å². The minimum absolute atomic E-state index is 0.0142. The van der Waals surface area contributed by atoms with Crippen molar-refractivity contribution in [1.29, 1.82) is 0 Å². The average Bonchev–Trinajstić information content (AvgIpc) is 2.79. The van der Waals surface area contributed by atoms with E-state index in [0.717, 1.165) is 62.6 Å². The number of halogens is 5. The van der Waals surface area contributed by atoms with E-state index in [1.54, 1.807) is 12.1 Å². The molecule has 176 valence electrons. The number of aryl methyl sites for hydroxylation is 1. The van der Waals surface area contributed by atoms with Crippen molar-refractivity contribution >= 4 is 10.8 Å². The molecule has 0 unspecified atom stereocenters. The van der Waals surface area contributed by atoms with Gasteiger partial charge in [0.25, 0.3) is 0 Å². The molecule has 0 N–H and O–H groups in total. The first-order valence-electron chi connectivity index (χ1n) is 11.1. The quantitative estimate of drug-likeness (QED) is 0.194. The monoisotopic (exact) mass is 470 g/mol. The third-order valence-corrected chi connectivity index (χ3v) is 5.93. The van der Waals surface area contributed by atoms with Crippen molar-refractivity contribution in [3.8, 4) is 28.0 Å². The lowest BCUT2D eigenvalue weighted by atomic mass is 9.95. The van der Waals surface area contributed by atoms with E-state index < -0.39 is 40.4 Å². The van der Waals surface area contributed by atoms with Gasteiger partial charge in [-0.05, 0) is 59.2 Å². The fourth-order valence-corrected chi connectivity index (χ4v) is 4.20. The van der Waals surface area contributed by atoms with Crippen LogP contribution in [-0.4, -0.2) is 7.11 Å². The molecule has 0 aliphatic heterocycles. The molecule has 0 saturated carbocycles. The van der Waals surface area contributed by atoms with Gasteiger partial charge >= 0.3 is 0 Å². The number of fused-ring (bicyclic) bond motifs is 1. The SMILES string of the molecule is CCCCCc1ccc2c(F)c(-c3cc(F)c(-c4cc(F)c(OC)c(F)c4)c(F)c3)ccc2c1. The van der Waals surface area contributed by atoms with Gasteiger partial charge < -0.3 is 4.74 Å². The average molecular weight is 470 g/mol. The molecule has 1 nitrogen and oxygen atoms in total. The molecule has 0 saturated heterocycles. The second-order valence-electron chi connectivity index (χ2n) is 8.23. The Bertz CT molecular complexity index is 1320. The van der Waals surface area contributed by atoms with E-state index in [1.165, 1.54) is 6.07 Å². The smallest absolute Gasteiger partial charge is 0.190 e. The van der Waals surface area contributed by atoms with Crippen molar-refractivity contribution < 1.29 is 26.7 Å². The number of hydrogen-bond acceptors (Lipinski definition) is 1. The van der Waals surface area contributed by atoms with Gasteiger partial charge in [-0.1, -0.05) is 50.1 Å². The van der Waals surface area contributed by atoms with Crippen LogP contribution < -0.4 is 4.74 Å². The second kappa shape index (κ2) is 9.84. The number of unbranched alkanes of at least 4 members (excludes halogenated alkanes) is 2. The molecule has 0 aliphatic rings. The standard InChI is InChI=1S/C28H23F5O/c1-3-4-5-6-16-7-9-20-17(11-16)8-10-21(27(20)33)18-12-22(29)26(23(30)13-18)19-14-24(31)28(34-2)25(32)15-19/h7-15H,3-6H2,1-2H3. The second-order valence-corrected chi connectivity index (χ2v) is 8.23. The highest BCUT2D eigenvalue weighted by Gasteiger charge is 2.20. The van der Waals surface area contributed by atoms with Crippen LogP contribution in [0.5, 0.6) is 5.75 Å². The first-order chi connectivity index (χ1) is 16.3. The minimum Gasteiger partial charge on any atom is -0.491 e. The Kier molecular flexibility index (Phi) is 6.87. The van der Waals surface area contributed by atoms with Gasteiger partial charge in [-0.3, -0.25) is 0 Å². The molecule has 0 atom stereocenters. The summed E-state index contributed by atoms with van der Waals surface area (Å²) in [7, 11) is 1.09. The van der Waals surface area contributed by atoms with Gasteiger partial charge in [0.1, 0.15) is 17.5 Å². The summed E-state index contributed by atoms with van der Waals surface area (Å²) in [5, 5.41) is 1.05. The van der Waals surface area contributed by atoms with Gasteiger partial charge in [0, 0.05) is 10.9 Å². The van der Waals surface area contributed by atoms with Crippen LogP contribution in [0, 0.1) is 29.1 Å². The van der Waals surface area contributed by atoms with Gasteiger partial charge in [-0.15, -0.1) is 0 Å². The Hall–Kier alpha value is -3.41. The Morgan fingerprint density at radius 2 is 1.35 bits per heavy atom. The molecule has 4 aromatic rings. The van der Waals surface area contributed by atoms with Crippen LogP contribution in [0.25, 0.3) is 33.0 Å². The van der Waals surface area contributed by atoms with E-state index in [9.17, 15) is 17.6 Å². The van der Waals surface area contributed by atoms with Crippen molar-refractivity contribution in [2.24, 2.45) is 0 Å². The van der Waals surface area contributed by atoms with E-state index in [1.807, 2.05) is 12.1 Å². The van der Waals surface area contributed by atoms with Gasteiger partial charge in [0.2, 0.25) is 0 Å². The van der Waals surface area contributed by atoms with Gasteiger partial charge in [-0.2, -0.15) is 0 Å². The summed E-state index contributed by atoms with van der Waals surface area (Å²) < 4.78 is 77.9. The molecule has 0 bridgehead atoms. The molecule has 0 radical (unpaired) electrons. The molecular formula is C28H23F5O. The topological polar surface area (TPSA) is 9.23 Å². The largest absolute Gasteiger partial charge is 0.491 e. The van der Waals surface area contributed by atoms with Crippen molar-refractivity contribution in [3.63, 3.8) is 0 Å². The molecule has 4 aromatic carbocycles. The van der Waals surface area contributed by atoms with E-state index >= 15 is 4.39 Å². The Balaban J connectivity index is 1.73. The maximum absolute atomic E-state index is 15.3. The molecule has 0 spiro atoms. The van der Waals surface area contributed by atoms with Gasteiger partial charge in [0.15, 0.2) is 17.4 Å². The van der Waals surface area contributed by atoms with Crippen molar-refractivity contribution in [2.75, 3.05) is 7.11 Å². The van der Waals surface area contributed by atoms with Crippen LogP contribution >= 0.6 is 0 Å². The van der Waals surface area contributed by atoms with Crippen LogP contribution in [0.4, 0.5) is 22.0 Å². The summed E-state index contributed by atoms with van der Waals surface area (Å²) in [6.45, 7) is 2.13. The Morgan fingerprint density at radius 3 is 1.97 bits per heavy atom. The highest BCUT2D eigenvalue weighted by Crippen LogP contribution is 2.36. The summed E-state index contributed by atoms with van der Waals surface area (Å²) in [6, 6.07) is 12.2. The number of benzene rings is 4.